The summed E-state index contributed by atoms with van der Waals surface area (Å²) in [5.41, 5.74) is -2.62. The molecule has 3 atom stereocenters. The second-order valence-corrected chi connectivity index (χ2v) is 32.8. The lowest BCUT2D eigenvalue weighted by Gasteiger charge is -2.30. The van der Waals surface area contributed by atoms with Gasteiger partial charge in [0.25, 0.3) is 0 Å². The first-order valence-corrected chi connectivity index (χ1v) is 38.3. The Balaban J connectivity index is 4.55. The van der Waals surface area contributed by atoms with Crippen molar-refractivity contribution >= 4 is 49.1 Å². The fourth-order valence-electron chi connectivity index (χ4n) is 10.5. The van der Waals surface area contributed by atoms with Crippen LogP contribution in [0.3, 0.4) is 0 Å². The number of allylic oxidation sites excluding steroid dienone is 8. The average molecular weight is 1390 g/mol. The Hall–Kier alpha value is -4.85. The lowest BCUT2D eigenvalue weighted by Crippen LogP contribution is -2.49. The molecule has 2 radical (unpaired) electrons. The molecule has 0 aliphatic rings. The largest absolute Gasteiger partial charge is 0.380 e. The summed E-state index contributed by atoms with van der Waals surface area (Å²) >= 11 is 0. The van der Waals surface area contributed by atoms with Crippen LogP contribution in [0.15, 0.2) is 48.6 Å². The molecule has 0 heterocycles. The first kappa shape index (κ1) is 94.2. The van der Waals surface area contributed by atoms with Crippen LogP contribution >= 0.6 is 0 Å². The Morgan fingerprint density at radius 3 is 1.05 bits per heavy atom. The minimum absolute atomic E-state index is 0.0159. The molecule has 0 rings (SSSR count). The molecule has 2 unspecified atom stereocenters. The van der Waals surface area contributed by atoms with Crippen LogP contribution in [0.1, 0.15) is 291 Å². The zero-order valence-corrected chi connectivity index (χ0v) is 65.7. The van der Waals surface area contributed by atoms with Gasteiger partial charge in [-0.2, -0.15) is 0 Å². The Bertz CT molecular complexity index is 2330. The first-order valence-electron chi connectivity index (χ1n) is 38.3. The topological polar surface area (TPSA) is 241 Å². The molecule has 0 aromatic carbocycles. The number of rotatable bonds is 63. The molecule has 0 fully saturated rings. The molecule has 18 nitrogen and oxygen atoms in total. The van der Waals surface area contributed by atoms with E-state index in [0.717, 1.165) is 64.2 Å². The number of ether oxygens (including phenoxy) is 4. The van der Waals surface area contributed by atoms with E-state index in [1.54, 1.807) is 0 Å². The van der Waals surface area contributed by atoms with Gasteiger partial charge in [-0.15, -0.1) is 0 Å². The molecular formula is C80H146BN7O11. The van der Waals surface area contributed by atoms with Crippen LogP contribution in [0.25, 0.3) is 0 Å². The predicted octanol–water partition coefficient (Wildman–Crippen LogP) is 15.1. The van der Waals surface area contributed by atoms with Gasteiger partial charge >= 0.3 is 0 Å². The van der Waals surface area contributed by atoms with E-state index in [4.69, 9.17) is 26.8 Å². The van der Waals surface area contributed by atoms with Crippen molar-refractivity contribution in [3.8, 4) is 0 Å². The van der Waals surface area contributed by atoms with Crippen LogP contribution in [0.2, 0.25) is 0 Å². The lowest BCUT2D eigenvalue weighted by atomic mass is 9.89. The summed E-state index contributed by atoms with van der Waals surface area (Å²) in [7, 11) is 5.46. The van der Waals surface area contributed by atoms with Gasteiger partial charge in [0.2, 0.25) is 43.3 Å². The minimum atomic E-state index is -1.05. The number of hydrogen-bond donors (Lipinski definition) is 7. The summed E-state index contributed by atoms with van der Waals surface area (Å²) in [4.78, 5) is 89.8. The molecule has 0 aromatic heterocycles. The first-order chi connectivity index (χ1) is 46.6. The van der Waals surface area contributed by atoms with Gasteiger partial charge in [-0.05, 0) is 108 Å². The maximum absolute atomic E-state index is 13.4. The highest BCUT2D eigenvalue weighted by Crippen LogP contribution is 2.26. The molecular weight excluding hydrogens is 1250 g/mol. The number of amides is 7. The fraction of sp³-hybridized carbons (Fsp3) is 0.812. The maximum atomic E-state index is 13.4. The van der Waals surface area contributed by atoms with E-state index >= 15 is 0 Å². The van der Waals surface area contributed by atoms with E-state index in [-0.39, 0.29) is 98.0 Å². The molecule has 99 heavy (non-hydrogen) atoms. The Kier molecular flexibility index (Phi) is 52.1. The Labute approximate surface area is 604 Å². The molecule has 0 aliphatic heterocycles. The normalized spacial score (nSPS) is 13.7. The monoisotopic (exact) mass is 1390 g/mol. The van der Waals surface area contributed by atoms with Crippen molar-refractivity contribution in [1.29, 1.82) is 0 Å². The highest BCUT2D eigenvalue weighted by atomic mass is 16.5. The summed E-state index contributed by atoms with van der Waals surface area (Å²) in [6.45, 7) is 36.4. The molecule has 0 saturated heterocycles. The van der Waals surface area contributed by atoms with Gasteiger partial charge in [-0.25, -0.2) is 0 Å². The van der Waals surface area contributed by atoms with E-state index < -0.39 is 39.4 Å². The van der Waals surface area contributed by atoms with Crippen LogP contribution in [0, 0.1) is 32.5 Å². The molecule has 0 spiro atoms. The van der Waals surface area contributed by atoms with Gasteiger partial charge in [0.15, 0.2) is 5.81 Å². The van der Waals surface area contributed by atoms with Crippen molar-refractivity contribution in [2.45, 2.75) is 309 Å². The third-order valence-electron chi connectivity index (χ3n) is 17.0. The predicted molar refractivity (Wildman–Crippen MR) is 408 cm³/mol. The fourth-order valence-corrected chi connectivity index (χ4v) is 10.5. The lowest BCUT2D eigenvalue weighted by molar-refractivity contribution is -0.126. The standard InChI is InChI=1S/C80H146BN7O11/c1-17-19-21-23-25-27-29-31-33-35-37-39-41-43-45-47-68(89)82-53-65(3)98-63-79(13,14)56-85-71(92)51-75(5,6)59-96-61-77(9,10)55-84-70(91)50-49-67(88-74(81)95)73(94)87-58-78(11,12)62-97-60-76(7,8)52-72(93)86-57-80(15,16)64-99-66(4)54-83-69(90)48-46-44-42-40-38-36-34-32-30-28-26-24-22-20-18-2/h25-28,31-34,65-67H,17-24,29-30,35-64H2,1-16H3,(H,82,89)(H,83,90)(H,84,91)(H,85,92)(H,86,93)(H,87,94)(H,88,95)/b27-25-,28-26-,33-31-,34-32-/t65?,66?,67-/m0/s1. The summed E-state index contributed by atoms with van der Waals surface area (Å²) in [6.07, 6.45) is 44.6. The molecule has 7 N–H and O–H groups in total. The Morgan fingerprint density at radius 1 is 0.364 bits per heavy atom. The summed E-state index contributed by atoms with van der Waals surface area (Å²) < 4.78 is 24.4. The number of hydrogen-bond acceptors (Lipinski definition) is 11. The molecule has 0 saturated carbocycles. The highest BCUT2D eigenvalue weighted by molar-refractivity contribution is 6.57. The van der Waals surface area contributed by atoms with Crippen molar-refractivity contribution in [2.24, 2.45) is 32.5 Å². The van der Waals surface area contributed by atoms with E-state index in [0.29, 0.717) is 72.1 Å². The molecule has 0 aromatic rings. The second kappa shape index (κ2) is 54.8. The van der Waals surface area contributed by atoms with E-state index in [1.807, 2.05) is 96.9 Å². The van der Waals surface area contributed by atoms with Gasteiger partial charge in [0.1, 0.15) is 6.04 Å². The third-order valence-corrected chi connectivity index (χ3v) is 17.0. The number of unbranched alkanes of at least 4 members (excludes halogenated alkanes) is 16. The van der Waals surface area contributed by atoms with Crippen molar-refractivity contribution in [2.75, 3.05) is 78.9 Å². The van der Waals surface area contributed by atoms with E-state index in [9.17, 15) is 33.6 Å². The number of carbonyl (C=O) groups is 7. The third kappa shape index (κ3) is 59.4. The van der Waals surface area contributed by atoms with Gasteiger partial charge < -0.3 is 56.2 Å². The zero-order chi connectivity index (χ0) is 74.5. The Morgan fingerprint density at radius 2 is 0.677 bits per heavy atom. The van der Waals surface area contributed by atoms with Crippen LogP contribution in [0.4, 0.5) is 4.79 Å². The van der Waals surface area contributed by atoms with E-state index in [1.165, 1.54) is 77.0 Å². The van der Waals surface area contributed by atoms with Gasteiger partial charge in [0, 0.05) is 93.0 Å². The molecule has 19 heteroatoms. The SMILES string of the molecule is [B]C(=O)N[C@@H](CCC(=O)NCC(C)(C)COCC(C)(C)CC(=O)NCC(C)(C)COC(C)CNC(=O)CCCCCCC/C=C\C/C=C\CCCCC)C(=O)NCC(C)(C)COCC(C)(C)CC(=O)NCC(C)(C)COC(C)CNC(=O)CCCCCCC/C=C\C/C=C\CCCCC. The van der Waals surface area contributed by atoms with E-state index in [2.05, 4.69) is 99.7 Å². The molecule has 7 amide bonds. The van der Waals surface area contributed by atoms with Gasteiger partial charge in [-0.1, -0.05) is 210 Å². The number of nitrogens with one attached hydrogen (secondary N) is 7. The van der Waals surface area contributed by atoms with Gasteiger partial charge in [-0.3, -0.25) is 33.6 Å². The smallest absolute Gasteiger partial charge is 0.242 e. The minimum Gasteiger partial charge on any atom is -0.380 e. The van der Waals surface area contributed by atoms with Crippen LogP contribution in [-0.2, 0) is 47.7 Å². The van der Waals surface area contributed by atoms with Crippen LogP contribution in [0.5, 0.6) is 0 Å². The maximum Gasteiger partial charge on any atom is 0.242 e. The molecule has 570 valence electrons. The number of carbonyl (C=O) groups excluding carboxylic acids is 7. The van der Waals surface area contributed by atoms with Crippen molar-refractivity contribution in [1.82, 2.24) is 37.2 Å². The van der Waals surface area contributed by atoms with Gasteiger partial charge in [0.05, 0.1) is 51.8 Å². The van der Waals surface area contributed by atoms with Crippen molar-refractivity contribution in [3.05, 3.63) is 48.6 Å². The second-order valence-electron chi connectivity index (χ2n) is 32.8. The summed E-state index contributed by atoms with van der Waals surface area (Å²) in [5.74, 6) is -1.77. The average Bonchev–Trinajstić information content (AvgIpc) is 0.991. The van der Waals surface area contributed by atoms with Crippen molar-refractivity contribution in [3.63, 3.8) is 0 Å². The molecule has 0 aliphatic carbocycles. The molecule has 0 bridgehead atoms. The van der Waals surface area contributed by atoms with Crippen LogP contribution in [-0.4, -0.2) is 146 Å². The quantitative estimate of drug-likeness (QED) is 0.0172. The van der Waals surface area contributed by atoms with Crippen molar-refractivity contribution < 1.29 is 52.5 Å². The summed E-state index contributed by atoms with van der Waals surface area (Å²) in [6, 6.07) is -1.05. The van der Waals surface area contributed by atoms with Crippen LogP contribution < -0.4 is 37.2 Å². The zero-order valence-electron chi connectivity index (χ0n) is 65.7. The summed E-state index contributed by atoms with van der Waals surface area (Å²) in [5, 5.41) is 20.4. The highest BCUT2D eigenvalue weighted by Gasteiger charge is 2.31.